The van der Waals surface area contributed by atoms with Crippen LogP contribution in [0.4, 0.5) is 17.1 Å². The van der Waals surface area contributed by atoms with E-state index in [-0.39, 0.29) is 29.5 Å². The Morgan fingerprint density at radius 1 is 1.11 bits per heavy atom. The third-order valence-electron chi connectivity index (χ3n) is 6.19. The van der Waals surface area contributed by atoms with Crippen LogP contribution in [0.2, 0.25) is 5.02 Å². The van der Waals surface area contributed by atoms with Crippen molar-refractivity contribution >= 4 is 56.4 Å². The number of ether oxygens (including phenoxy) is 1. The van der Waals surface area contributed by atoms with Gasteiger partial charge in [-0.1, -0.05) is 17.7 Å². The third-order valence-corrected chi connectivity index (χ3v) is 7.04. The Hall–Kier alpha value is -3.67. The zero-order chi connectivity index (χ0) is 26.4. The summed E-state index contributed by atoms with van der Waals surface area (Å²) in [6.07, 6.45) is -1.18. The average Bonchev–Trinajstić information content (AvgIpc) is 3.38. The highest BCUT2D eigenvalue weighted by atomic mass is 79.9. The number of nitro benzene ring substituents is 1. The number of phenolic OH excluding ortho intramolecular Hbond substituents is 1. The molecule has 0 unspecified atom stereocenters. The number of carbonyl (C=O) groups is 2. The predicted molar refractivity (Wildman–Crippen MR) is 138 cm³/mol. The van der Waals surface area contributed by atoms with E-state index in [9.17, 15) is 24.8 Å². The maximum atomic E-state index is 13.7. The summed E-state index contributed by atoms with van der Waals surface area (Å²) in [6.45, 7) is 2.03. The number of fused-ring (bicyclic) bond motifs is 1. The molecule has 0 bridgehead atoms. The van der Waals surface area contributed by atoms with E-state index in [2.05, 4.69) is 15.9 Å². The number of rotatable bonds is 6. The summed E-state index contributed by atoms with van der Waals surface area (Å²) in [4.78, 5) is 45.2. The molecule has 1 N–H and O–H groups in total. The van der Waals surface area contributed by atoms with Crippen LogP contribution in [0.5, 0.6) is 11.5 Å². The fourth-order valence-electron chi connectivity index (χ4n) is 4.60. The minimum absolute atomic E-state index is 0.125. The first-order valence-corrected chi connectivity index (χ1v) is 12.4. The number of carbonyl (C=O) groups excluding carboxylic acids is 2. The number of amides is 2. The van der Waals surface area contributed by atoms with E-state index in [4.69, 9.17) is 21.2 Å². The van der Waals surface area contributed by atoms with E-state index in [1.807, 2.05) is 0 Å². The van der Waals surface area contributed by atoms with Crippen LogP contribution in [0.1, 0.15) is 18.5 Å². The van der Waals surface area contributed by atoms with Crippen LogP contribution in [0.3, 0.4) is 0 Å². The van der Waals surface area contributed by atoms with Crippen molar-refractivity contribution in [3.8, 4) is 11.5 Å². The van der Waals surface area contributed by atoms with Gasteiger partial charge in [-0.05, 0) is 70.9 Å². The number of hydroxylamine groups is 1. The monoisotopic (exact) mass is 587 g/mol. The summed E-state index contributed by atoms with van der Waals surface area (Å²) in [5.41, 5.74) is 0.944. The van der Waals surface area contributed by atoms with Gasteiger partial charge in [0.05, 0.1) is 33.4 Å². The number of nitro groups is 1. The van der Waals surface area contributed by atoms with Gasteiger partial charge in [0.1, 0.15) is 5.92 Å². The van der Waals surface area contributed by atoms with Crippen molar-refractivity contribution in [2.75, 3.05) is 16.6 Å². The molecule has 10 nitrogen and oxygen atoms in total. The number of hydrogen-bond acceptors (Lipinski definition) is 8. The lowest BCUT2D eigenvalue weighted by Crippen LogP contribution is -2.37. The normalized spacial score (nSPS) is 20.9. The van der Waals surface area contributed by atoms with Crippen molar-refractivity contribution < 1.29 is 29.2 Å². The largest absolute Gasteiger partial charge is 0.503 e. The van der Waals surface area contributed by atoms with Gasteiger partial charge in [0.2, 0.25) is 5.91 Å². The number of nitrogens with zero attached hydrogens (tertiary/aromatic N) is 3. The Balaban J connectivity index is 1.64. The van der Waals surface area contributed by atoms with Gasteiger partial charge in [-0.15, -0.1) is 0 Å². The number of phenols is 1. The Morgan fingerprint density at radius 2 is 1.84 bits per heavy atom. The first kappa shape index (κ1) is 25.0. The van der Waals surface area contributed by atoms with Crippen LogP contribution < -0.4 is 14.7 Å². The average molecular weight is 589 g/mol. The van der Waals surface area contributed by atoms with Gasteiger partial charge in [0.25, 0.3) is 11.6 Å². The summed E-state index contributed by atoms with van der Waals surface area (Å²) in [5.74, 6) is -2.02. The molecule has 12 heteroatoms. The molecule has 37 heavy (non-hydrogen) atoms. The van der Waals surface area contributed by atoms with Gasteiger partial charge in [0, 0.05) is 17.2 Å². The van der Waals surface area contributed by atoms with Gasteiger partial charge in [-0.25, -0.2) is 9.96 Å². The second-order valence-electron chi connectivity index (χ2n) is 8.37. The quantitative estimate of drug-likeness (QED) is 0.238. The van der Waals surface area contributed by atoms with Crippen molar-refractivity contribution in [3.05, 3.63) is 85.8 Å². The molecule has 2 aliphatic heterocycles. The molecular weight excluding hydrogens is 570 g/mol. The van der Waals surface area contributed by atoms with E-state index in [0.29, 0.717) is 20.7 Å². The lowest BCUT2D eigenvalue weighted by atomic mass is 9.90. The van der Waals surface area contributed by atoms with Gasteiger partial charge in [-0.3, -0.25) is 24.5 Å². The van der Waals surface area contributed by atoms with Crippen molar-refractivity contribution in [1.82, 2.24) is 0 Å². The van der Waals surface area contributed by atoms with Gasteiger partial charge in [-0.2, -0.15) is 0 Å². The fourth-order valence-corrected chi connectivity index (χ4v) is 5.18. The number of benzene rings is 3. The summed E-state index contributed by atoms with van der Waals surface area (Å²) in [6, 6.07) is 14.3. The molecule has 2 fully saturated rings. The molecular formula is C25H19BrClN3O7. The van der Waals surface area contributed by atoms with Crippen LogP contribution >= 0.6 is 27.5 Å². The standard InChI is InChI=1S/C25H19BrClN3O7/c1-2-36-19-11-13(10-18(26)22(19)31)21-20-23(37-29(21)16-4-3-5-17(12-16)30(34)35)25(33)28(24(20)32)15-8-6-14(27)7-9-15/h3-12,20-21,23,31H,2H2,1H3/t20-,21+,23+/m0/s1. The number of anilines is 2. The molecule has 2 aliphatic rings. The van der Waals surface area contributed by atoms with E-state index in [1.165, 1.54) is 23.3 Å². The van der Waals surface area contributed by atoms with Crippen LogP contribution in [0.15, 0.2) is 65.1 Å². The second kappa shape index (κ2) is 9.66. The van der Waals surface area contributed by atoms with E-state index >= 15 is 0 Å². The molecule has 0 aliphatic carbocycles. The topological polar surface area (TPSA) is 122 Å². The minimum Gasteiger partial charge on any atom is -0.503 e. The lowest BCUT2D eigenvalue weighted by molar-refractivity contribution is -0.384. The summed E-state index contributed by atoms with van der Waals surface area (Å²) in [5, 5.41) is 23.6. The third kappa shape index (κ3) is 4.28. The maximum Gasteiger partial charge on any atom is 0.271 e. The molecule has 3 aromatic carbocycles. The maximum absolute atomic E-state index is 13.7. The van der Waals surface area contributed by atoms with E-state index in [0.717, 1.165) is 4.90 Å². The predicted octanol–water partition coefficient (Wildman–Crippen LogP) is 5.17. The molecule has 190 valence electrons. The Kier molecular flexibility index (Phi) is 6.52. The van der Waals surface area contributed by atoms with Gasteiger partial charge < -0.3 is 9.84 Å². The molecule has 2 amide bonds. The van der Waals surface area contributed by atoms with E-state index < -0.39 is 34.8 Å². The molecule has 0 radical (unpaired) electrons. The highest BCUT2D eigenvalue weighted by Gasteiger charge is 2.60. The summed E-state index contributed by atoms with van der Waals surface area (Å²) in [7, 11) is 0. The Morgan fingerprint density at radius 3 is 2.51 bits per heavy atom. The van der Waals surface area contributed by atoms with Gasteiger partial charge >= 0.3 is 0 Å². The smallest absolute Gasteiger partial charge is 0.271 e. The van der Waals surface area contributed by atoms with Crippen LogP contribution in [0, 0.1) is 16.0 Å². The summed E-state index contributed by atoms with van der Waals surface area (Å²) < 4.78 is 5.87. The Labute approximate surface area is 224 Å². The first-order valence-electron chi connectivity index (χ1n) is 11.2. The number of halogens is 2. The van der Waals surface area contributed by atoms with Gasteiger partial charge in [0.15, 0.2) is 17.6 Å². The zero-order valence-electron chi connectivity index (χ0n) is 19.2. The Bertz CT molecular complexity index is 1420. The van der Waals surface area contributed by atoms with Crippen molar-refractivity contribution in [1.29, 1.82) is 0 Å². The molecule has 0 saturated carbocycles. The fraction of sp³-hybridized carbons (Fsp3) is 0.200. The molecule has 0 spiro atoms. The molecule has 2 heterocycles. The highest BCUT2D eigenvalue weighted by molar-refractivity contribution is 9.10. The molecule has 5 rings (SSSR count). The SMILES string of the molecule is CCOc1cc([C@@H]2[C@@H]3C(=O)N(c4ccc(Cl)cc4)C(=O)[C@@H]3ON2c2cccc([N+](=O)[O-])c2)cc(Br)c1O. The van der Waals surface area contributed by atoms with Crippen LogP contribution in [-0.2, 0) is 14.4 Å². The lowest BCUT2D eigenvalue weighted by Gasteiger charge is -2.29. The summed E-state index contributed by atoms with van der Waals surface area (Å²) >= 11 is 9.30. The minimum atomic E-state index is -1.18. The molecule has 3 aromatic rings. The first-order chi connectivity index (χ1) is 17.7. The second-order valence-corrected chi connectivity index (χ2v) is 9.66. The van der Waals surface area contributed by atoms with Crippen LogP contribution in [-0.4, -0.2) is 34.6 Å². The number of imide groups is 1. The van der Waals surface area contributed by atoms with Crippen molar-refractivity contribution in [3.63, 3.8) is 0 Å². The highest BCUT2D eigenvalue weighted by Crippen LogP contribution is 2.50. The number of aromatic hydroxyl groups is 1. The molecule has 3 atom stereocenters. The van der Waals surface area contributed by atoms with E-state index in [1.54, 1.807) is 49.4 Å². The zero-order valence-corrected chi connectivity index (χ0v) is 21.5. The van der Waals surface area contributed by atoms with Crippen molar-refractivity contribution in [2.24, 2.45) is 5.92 Å². The molecule has 2 saturated heterocycles. The van der Waals surface area contributed by atoms with Crippen molar-refractivity contribution in [2.45, 2.75) is 19.1 Å². The molecule has 0 aromatic heterocycles. The number of non-ortho nitro benzene ring substituents is 1. The van der Waals surface area contributed by atoms with Crippen LogP contribution in [0.25, 0.3) is 0 Å². The number of hydrogen-bond donors (Lipinski definition) is 1.